The molecule has 0 spiro atoms. The van der Waals surface area contributed by atoms with Gasteiger partial charge in [0.15, 0.2) is 0 Å². The number of methoxy groups -OCH3 is 1. The Morgan fingerprint density at radius 2 is 1.82 bits per heavy atom. The quantitative estimate of drug-likeness (QED) is 0.665. The number of hydrogen-bond acceptors (Lipinski definition) is 4. The van der Waals surface area contributed by atoms with Crippen LogP contribution in [-0.2, 0) is 25.9 Å². The molecule has 1 N–H and O–H groups in total. The number of alkyl halides is 3. The van der Waals surface area contributed by atoms with Crippen LogP contribution < -0.4 is 10.1 Å². The lowest BCUT2D eigenvalue weighted by molar-refractivity contribution is -0.143. The topological polar surface area (TPSA) is 67.9 Å². The predicted molar refractivity (Wildman–Crippen MR) is 117 cm³/mol. The van der Waals surface area contributed by atoms with Gasteiger partial charge in [-0.1, -0.05) is 24.3 Å². The molecule has 0 aliphatic carbocycles. The zero-order valence-electron chi connectivity index (χ0n) is 18.6. The smallest absolute Gasteiger partial charge is 0.416 e. The molecule has 1 saturated heterocycles. The number of anilines is 1. The lowest BCUT2D eigenvalue weighted by Crippen LogP contribution is -2.51. The van der Waals surface area contributed by atoms with E-state index in [-0.39, 0.29) is 50.6 Å². The Hall–Kier alpha value is -3.07. The van der Waals surface area contributed by atoms with Crippen LogP contribution in [0, 0.1) is 0 Å². The van der Waals surface area contributed by atoms with Gasteiger partial charge >= 0.3 is 6.18 Å². The largest absolute Gasteiger partial charge is 0.497 e. The zero-order valence-corrected chi connectivity index (χ0v) is 18.6. The van der Waals surface area contributed by atoms with Gasteiger partial charge in [-0.15, -0.1) is 0 Å². The van der Waals surface area contributed by atoms with Crippen molar-refractivity contribution in [3.8, 4) is 5.75 Å². The fraction of sp³-hybridized carbons (Fsp3) is 0.417. The molecule has 1 fully saturated rings. The number of nitrogens with zero attached hydrogens (tertiary/aromatic N) is 1. The molecule has 2 amide bonds. The monoisotopic (exact) mass is 464 g/mol. The van der Waals surface area contributed by atoms with Crippen LogP contribution >= 0.6 is 0 Å². The highest BCUT2D eigenvalue weighted by Crippen LogP contribution is 2.39. The van der Waals surface area contributed by atoms with E-state index in [1.165, 1.54) is 18.1 Å². The highest BCUT2D eigenvalue weighted by molar-refractivity contribution is 5.97. The van der Waals surface area contributed by atoms with E-state index < -0.39 is 23.1 Å². The molecule has 1 heterocycles. The van der Waals surface area contributed by atoms with Crippen LogP contribution in [0.2, 0.25) is 0 Å². The van der Waals surface area contributed by atoms with Gasteiger partial charge in [-0.25, -0.2) is 0 Å². The number of benzene rings is 2. The second kappa shape index (κ2) is 10.2. The number of ether oxygens (including phenoxy) is 2. The second-order valence-corrected chi connectivity index (χ2v) is 7.87. The summed E-state index contributed by atoms with van der Waals surface area (Å²) in [5.74, 6) is -0.222. The van der Waals surface area contributed by atoms with E-state index in [0.717, 1.165) is 12.1 Å². The summed E-state index contributed by atoms with van der Waals surface area (Å²) in [7, 11) is 1.51. The first-order chi connectivity index (χ1) is 15.7. The summed E-state index contributed by atoms with van der Waals surface area (Å²) in [6.07, 6.45) is -4.05. The fourth-order valence-corrected chi connectivity index (χ4v) is 4.04. The van der Waals surface area contributed by atoms with Crippen molar-refractivity contribution in [2.45, 2.75) is 31.4 Å². The first-order valence-corrected chi connectivity index (χ1v) is 10.7. The molecule has 178 valence electrons. The zero-order chi connectivity index (χ0) is 24.1. The van der Waals surface area contributed by atoms with Crippen LogP contribution in [0.3, 0.4) is 0 Å². The third-order valence-corrected chi connectivity index (χ3v) is 5.86. The fourth-order valence-electron chi connectivity index (χ4n) is 4.04. The van der Waals surface area contributed by atoms with Crippen molar-refractivity contribution in [3.05, 3.63) is 59.7 Å². The highest BCUT2D eigenvalue weighted by atomic mass is 19.4. The molecular weight excluding hydrogens is 437 g/mol. The summed E-state index contributed by atoms with van der Waals surface area (Å²) in [5, 5.41) is 2.73. The molecule has 0 aromatic heterocycles. The molecule has 1 aliphatic heterocycles. The lowest BCUT2D eigenvalue weighted by Gasteiger charge is -2.40. The Morgan fingerprint density at radius 1 is 1.12 bits per heavy atom. The van der Waals surface area contributed by atoms with Gasteiger partial charge in [0.25, 0.3) is 0 Å². The van der Waals surface area contributed by atoms with Gasteiger partial charge in [0.05, 0.1) is 24.6 Å². The van der Waals surface area contributed by atoms with Gasteiger partial charge in [0, 0.05) is 31.5 Å². The van der Waals surface area contributed by atoms with Crippen molar-refractivity contribution in [2.75, 3.05) is 38.7 Å². The van der Waals surface area contributed by atoms with Gasteiger partial charge in [-0.3, -0.25) is 9.59 Å². The van der Waals surface area contributed by atoms with Crippen molar-refractivity contribution in [1.82, 2.24) is 4.90 Å². The van der Waals surface area contributed by atoms with Crippen LogP contribution in [-0.4, -0.2) is 50.1 Å². The molecule has 1 aliphatic rings. The second-order valence-electron chi connectivity index (χ2n) is 7.87. The number of amides is 2. The van der Waals surface area contributed by atoms with Crippen LogP contribution in [0.1, 0.15) is 30.9 Å². The van der Waals surface area contributed by atoms with E-state index in [0.29, 0.717) is 11.4 Å². The average Bonchev–Trinajstić information content (AvgIpc) is 2.82. The minimum absolute atomic E-state index is 0.228. The van der Waals surface area contributed by atoms with E-state index >= 15 is 0 Å². The predicted octanol–water partition coefficient (Wildman–Crippen LogP) is 4.25. The first-order valence-electron chi connectivity index (χ1n) is 10.7. The van der Waals surface area contributed by atoms with Crippen LogP contribution in [0.15, 0.2) is 48.5 Å². The third kappa shape index (κ3) is 5.65. The summed E-state index contributed by atoms with van der Waals surface area (Å²) in [4.78, 5) is 27.7. The standard InChI is InChI=1S/C24H27F3N2O4/c1-3-29(16-21(30)28-19-8-5-9-20(15-19)32-2)22(31)23(10-12-33-13-11-23)17-6-4-7-18(14-17)24(25,26)27/h4-9,14-15H,3,10-13,16H2,1-2H3,(H,28,30). The Morgan fingerprint density at radius 3 is 2.45 bits per heavy atom. The number of carbonyl (C=O) groups is 2. The number of rotatable bonds is 7. The van der Waals surface area contributed by atoms with E-state index in [2.05, 4.69) is 5.32 Å². The van der Waals surface area contributed by atoms with Gasteiger partial charge in [0.1, 0.15) is 5.75 Å². The van der Waals surface area contributed by atoms with Crippen molar-refractivity contribution >= 4 is 17.5 Å². The molecule has 2 aromatic carbocycles. The Kier molecular flexibility index (Phi) is 7.63. The van der Waals surface area contributed by atoms with Crippen LogP contribution in [0.4, 0.5) is 18.9 Å². The molecule has 33 heavy (non-hydrogen) atoms. The van der Waals surface area contributed by atoms with Crippen molar-refractivity contribution in [1.29, 1.82) is 0 Å². The molecule has 0 radical (unpaired) electrons. The maximum Gasteiger partial charge on any atom is 0.416 e. The molecular formula is C24H27F3N2O4. The minimum atomic E-state index is -4.52. The lowest BCUT2D eigenvalue weighted by atomic mass is 9.72. The number of carbonyl (C=O) groups excluding carboxylic acids is 2. The number of nitrogens with one attached hydrogen (secondary N) is 1. The summed E-state index contributed by atoms with van der Waals surface area (Å²) in [5.41, 5.74) is -1.19. The number of halogens is 3. The van der Waals surface area contributed by atoms with E-state index in [9.17, 15) is 22.8 Å². The molecule has 2 aromatic rings. The molecule has 9 heteroatoms. The van der Waals surface area contributed by atoms with Gasteiger partial charge in [-0.2, -0.15) is 13.2 Å². The summed E-state index contributed by atoms with van der Waals surface area (Å²) in [6, 6.07) is 11.7. The first kappa shape index (κ1) is 24.6. The van der Waals surface area contributed by atoms with Crippen molar-refractivity contribution in [3.63, 3.8) is 0 Å². The SMILES string of the molecule is CCN(CC(=O)Nc1cccc(OC)c1)C(=O)C1(c2cccc(C(F)(F)F)c2)CCOCC1. The van der Waals surface area contributed by atoms with Gasteiger partial charge < -0.3 is 19.7 Å². The van der Waals surface area contributed by atoms with E-state index in [4.69, 9.17) is 9.47 Å². The van der Waals surface area contributed by atoms with Crippen molar-refractivity contribution < 1.29 is 32.2 Å². The van der Waals surface area contributed by atoms with Crippen LogP contribution in [0.25, 0.3) is 0 Å². The summed E-state index contributed by atoms with van der Waals surface area (Å²) in [6.45, 7) is 2.22. The molecule has 0 saturated carbocycles. The Labute approximate surface area is 190 Å². The molecule has 0 bridgehead atoms. The van der Waals surface area contributed by atoms with E-state index in [1.54, 1.807) is 37.3 Å². The average molecular weight is 464 g/mol. The summed E-state index contributed by atoms with van der Waals surface area (Å²) < 4.78 is 50.6. The molecule has 0 atom stereocenters. The maximum absolute atomic E-state index is 13.7. The number of likely N-dealkylation sites (N-methyl/N-ethyl adjacent to an activating group) is 1. The normalized spacial score (nSPS) is 15.5. The maximum atomic E-state index is 13.7. The Bertz CT molecular complexity index is 988. The molecule has 3 rings (SSSR count). The van der Waals surface area contributed by atoms with Gasteiger partial charge in [0.2, 0.25) is 11.8 Å². The van der Waals surface area contributed by atoms with Crippen LogP contribution in [0.5, 0.6) is 5.75 Å². The van der Waals surface area contributed by atoms with E-state index in [1.807, 2.05) is 0 Å². The molecule has 0 unspecified atom stereocenters. The van der Waals surface area contributed by atoms with Gasteiger partial charge in [-0.05, 0) is 43.5 Å². The van der Waals surface area contributed by atoms with Crippen molar-refractivity contribution in [2.24, 2.45) is 0 Å². The Balaban J connectivity index is 1.85. The number of hydrogen-bond donors (Lipinski definition) is 1. The third-order valence-electron chi connectivity index (χ3n) is 5.86. The molecule has 6 nitrogen and oxygen atoms in total. The highest BCUT2D eigenvalue weighted by Gasteiger charge is 2.45. The summed E-state index contributed by atoms with van der Waals surface area (Å²) >= 11 is 0. The minimum Gasteiger partial charge on any atom is -0.497 e.